The summed E-state index contributed by atoms with van der Waals surface area (Å²) >= 11 is 0. The van der Waals surface area contributed by atoms with Crippen molar-refractivity contribution in [2.75, 3.05) is 13.2 Å². The molecule has 0 aliphatic heterocycles. The van der Waals surface area contributed by atoms with Gasteiger partial charge in [0.25, 0.3) is 0 Å². The molecule has 1 amide bonds. The molecule has 3 N–H and O–H groups in total. The minimum absolute atomic E-state index is 0.00253. The fraction of sp³-hybridized carbons (Fsp3) is 0.875. The van der Waals surface area contributed by atoms with Gasteiger partial charge < -0.3 is 20.3 Å². The van der Waals surface area contributed by atoms with E-state index in [0.717, 1.165) is 51.4 Å². The molecule has 0 spiro atoms. The summed E-state index contributed by atoms with van der Waals surface area (Å²) in [6.07, 6.45) is 74.6. The standard InChI is InChI=1S/C64H121NO5/c1-3-5-7-9-11-13-15-17-19-25-29-32-36-40-44-48-52-56-62(67)61(60-66)65-63(68)57-53-49-45-41-37-33-30-26-23-21-20-22-24-27-31-35-39-43-47-51-55-59-70-64(69)58-54-50-46-42-38-34-28-18-16-14-12-10-8-6-4-2/h12,14,18,28,52,56,61-62,66-67H,3-11,13,15-17,19-27,29-51,53-55,57-60H2,1-2H3,(H,65,68)/b14-12-,28-18-,56-52+/t61-,62+/m0/s1. The van der Waals surface area contributed by atoms with E-state index in [-0.39, 0.29) is 18.5 Å². The SMILES string of the molecule is CCCCC/C=C\C/C=C\CCCCCCCC(=O)OCCCCCCCCCCCCCCCCCCCCCCCC(=O)N[C@@H](CO)[C@H](O)/C=C/CCCCCCCCCCCCCCCCC. The van der Waals surface area contributed by atoms with Crippen molar-refractivity contribution in [3.63, 3.8) is 0 Å². The predicted octanol–water partition coefficient (Wildman–Crippen LogP) is 19.6. The van der Waals surface area contributed by atoms with Crippen LogP contribution in [0.1, 0.15) is 335 Å². The van der Waals surface area contributed by atoms with Crippen LogP contribution in [-0.4, -0.2) is 47.4 Å². The number of aliphatic hydroxyl groups excluding tert-OH is 2. The number of rotatable bonds is 58. The van der Waals surface area contributed by atoms with Crippen LogP contribution in [0.3, 0.4) is 0 Å². The number of amides is 1. The molecule has 0 radical (unpaired) electrons. The second kappa shape index (κ2) is 59.6. The number of allylic oxidation sites excluding steroid dienone is 5. The van der Waals surface area contributed by atoms with Gasteiger partial charge in [0, 0.05) is 12.8 Å². The average Bonchev–Trinajstić information content (AvgIpc) is 3.36. The molecule has 0 aromatic rings. The molecule has 2 atom stereocenters. The molecule has 0 unspecified atom stereocenters. The van der Waals surface area contributed by atoms with E-state index in [4.69, 9.17) is 4.74 Å². The Kier molecular flexibility index (Phi) is 58.0. The number of nitrogens with one attached hydrogen (secondary N) is 1. The lowest BCUT2D eigenvalue weighted by Crippen LogP contribution is -2.45. The van der Waals surface area contributed by atoms with Crippen molar-refractivity contribution in [3.8, 4) is 0 Å². The zero-order chi connectivity index (χ0) is 50.7. The zero-order valence-electron chi connectivity index (χ0n) is 47.0. The summed E-state index contributed by atoms with van der Waals surface area (Å²) in [5.41, 5.74) is 0. The number of carbonyl (C=O) groups is 2. The van der Waals surface area contributed by atoms with Gasteiger partial charge >= 0.3 is 5.97 Å². The number of aliphatic hydroxyl groups is 2. The van der Waals surface area contributed by atoms with Crippen molar-refractivity contribution in [1.82, 2.24) is 5.32 Å². The molecule has 0 rings (SSSR count). The molecule has 6 nitrogen and oxygen atoms in total. The third kappa shape index (κ3) is 55.4. The van der Waals surface area contributed by atoms with Gasteiger partial charge in [0.15, 0.2) is 0 Å². The van der Waals surface area contributed by atoms with E-state index in [1.54, 1.807) is 6.08 Å². The third-order valence-electron chi connectivity index (χ3n) is 14.4. The molecule has 0 saturated heterocycles. The van der Waals surface area contributed by atoms with Gasteiger partial charge in [-0.1, -0.05) is 294 Å². The summed E-state index contributed by atoms with van der Waals surface area (Å²) in [4.78, 5) is 24.5. The van der Waals surface area contributed by atoms with Gasteiger partial charge in [-0.15, -0.1) is 0 Å². The average molecular weight is 985 g/mol. The second-order valence-electron chi connectivity index (χ2n) is 21.4. The molecule has 0 fully saturated rings. The smallest absolute Gasteiger partial charge is 0.305 e. The number of carbonyl (C=O) groups excluding carboxylic acids is 2. The van der Waals surface area contributed by atoms with Crippen LogP contribution in [-0.2, 0) is 14.3 Å². The quantitative estimate of drug-likeness (QED) is 0.0321. The van der Waals surface area contributed by atoms with E-state index >= 15 is 0 Å². The Labute approximate surface area is 436 Å². The van der Waals surface area contributed by atoms with E-state index < -0.39 is 12.1 Å². The van der Waals surface area contributed by atoms with Crippen LogP contribution < -0.4 is 5.32 Å². The van der Waals surface area contributed by atoms with Crippen molar-refractivity contribution in [2.45, 2.75) is 347 Å². The minimum Gasteiger partial charge on any atom is -0.466 e. The highest BCUT2D eigenvalue weighted by Crippen LogP contribution is 2.17. The maximum atomic E-state index is 12.5. The van der Waals surface area contributed by atoms with Gasteiger partial charge in [-0.05, 0) is 64.2 Å². The van der Waals surface area contributed by atoms with Crippen LogP contribution in [0.4, 0.5) is 0 Å². The molecular weight excluding hydrogens is 863 g/mol. The lowest BCUT2D eigenvalue weighted by Gasteiger charge is -2.20. The molecule has 6 heteroatoms. The largest absolute Gasteiger partial charge is 0.466 e. The summed E-state index contributed by atoms with van der Waals surface area (Å²) in [5.74, 6) is -0.0699. The Balaban J connectivity index is 3.42. The van der Waals surface area contributed by atoms with Gasteiger partial charge in [0.05, 0.1) is 25.4 Å². The van der Waals surface area contributed by atoms with Gasteiger partial charge in [-0.2, -0.15) is 0 Å². The Morgan fingerprint density at radius 3 is 1.11 bits per heavy atom. The summed E-state index contributed by atoms with van der Waals surface area (Å²) in [6.45, 7) is 4.89. The van der Waals surface area contributed by atoms with Crippen molar-refractivity contribution in [3.05, 3.63) is 36.5 Å². The highest BCUT2D eigenvalue weighted by molar-refractivity contribution is 5.76. The predicted molar refractivity (Wildman–Crippen MR) is 306 cm³/mol. The maximum absolute atomic E-state index is 12.5. The summed E-state index contributed by atoms with van der Waals surface area (Å²) in [5, 5.41) is 23.2. The Hall–Kier alpha value is -1.92. The minimum atomic E-state index is -0.846. The highest BCUT2D eigenvalue weighted by atomic mass is 16.5. The third-order valence-corrected chi connectivity index (χ3v) is 14.4. The lowest BCUT2D eigenvalue weighted by molar-refractivity contribution is -0.143. The number of esters is 1. The molecular formula is C64H121NO5. The summed E-state index contributed by atoms with van der Waals surface area (Å²) in [7, 11) is 0. The first kappa shape index (κ1) is 68.1. The van der Waals surface area contributed by atoms with E-state index in [1.165, 1.54) is 257 Å². The van der Waals surface area contributed by atoms with E-state index in [1.807, 2.05) is 6.08 Å². The molecule has 412 valence electrons. The fourth-order valence-corrected chi connectivity index (χ4v) is 9.61. The lowest BCUT2D eigenvalue weighted by atomic mass is 10.0. The van der Waals surface area contributed by atoms with Crippen LogP contribution in [0.15, 0.2) is 36.5 Å². The van der Waals surface area contributed by atoms with Crippen molar-refractivity contribution in [1.29, 1.82) is 0 Å². The highest BCUT2D eigenvalue weighted by Gasteiger charge is 2.18. The molecule has 0 aliphatic rings. The summed E-state index contributed by atoms with van der Waals surface area (Å²) in [6, 6.07) is -0.629. The zero-order valence-corrected chi connectivity index (χ0v) is 47.0. The van der Waals surface area contributed by atoms with Gasteiger partial charge in [-0.3, -0.25) is 9.59 Å². The molecule has 0 aromatic heterocycles. The van der Waals surface area contributed by atoms with Crippen LogP contribution in [0.2, 0.25) is 0 Å². The topological polar surface area (TPSA) is 95.9 Å². The van der Waals surface area contributed by atoms with Gasteiger partial charge in [0.1, 0.15) is 0 Å². The molecule has 70 heavy (non-hydrogen) atoms. The number of unbranched alkanes of at least 4 members (excludes halogenated alkanes) is 43. The van der Waals surface area contributed by atoms with Gasteiger partial charge in [-0.25, -0.2) is 0 Å². The van der Waals surface area contributed by atoms with E-state index in [9.17, 15) is 19.8 Å². The number of hydrogen-bond acceptors (Lipinski definition) is 5. The first-order valence-corrected chi connectivity index (χ1v) is 31.3. The van der Waals surface area contributed by atoms with Crippen LogP contribution in [0.5, 0.6) is 0 Å². The first-order valence-electron chi connectivity index (χ1n) is 31.3. The fourth-order valence-electron chi connectivity index (χ4n) is 9.61. The van der Waals surface area contributed by atoms with E-state index in [2.05, 4.69) is 43.5 Å². The van der Waals surface area contributed by atoms with Crippen LogP contribution in [0, 0.1) is 0 Å². The van der Waals surface area contributed by atoms with Crippen molar-refractivity contribution in [2.24, 2.45) is 0 Å². The Morgan fingerprint density at radius 1 is 0.400 bits per heavy atom. The van der Waals surface area contributed by atoms with Crippen LogP contribution in [0.25, 0.3) is 0 Å². The molecule has 0 bridgehead atoms. The first-order chi connectivity index (χ1) is 34.5. The maximum Gasteiger partial charge on any atom is 0.305 e. The Morgan fingerprint density at radius 2 is 0.714 bits per heavy atom. The molecule has 0 saturated carbocycles. The molecule has 0 heterocycles. The second-order valence-corrected chi connectivity index (χ2v) is 21.4. The van der Waals surface area contributed by atoms with Crippen molar-refractivity contribution >= 4 is 11.9 Å². The molecule has 0 aromatic carbocycles. The number of hydrogen-bond donors (Lipinski definition) is 3. The normalized spacial score (nSPS) is 12.8. The monoisotopic (exact) mass is 984 g/mol. The van der Waals surface area contributed by atoms with Crippen LogP contribution >= 0.6 is 0 Å². The van der Waals surface area contributed by atoms with Crippen molar-refractivity contribution < 1.29 is 24.5 Å². The summed E-state index contributed by atoms with van der Waals surface area (Å²) < 4.78 is 5.48. The molecule has 0 aliphatic carbocycles. The Bertz CT molecular complexity index is 1130. The number of ether oxygens (including phenoxy) is 1. The van der Waals surface area contributed by atoms with E-state index in [0.29, 0.717) is 19.4 Å². The van der Waals surface area contributed by atoms with Gasteiger partial charge in [0.2, 0.25) is 5.91 Å².